The smallest absolute Gasteiger partial charge is 0.150 e. The molecule has 0 unspecified atom stereocenters. The van der Waals surface area contributed by atoms with Gasteiger partial charge in [0, 0.05) is 17.0 Å². The summed E-state index contributed by atoms with van der Waals surface area (Å²) in [6.45, 7) is 4.15. The summed E-state index contributed by atoms with van der Waals surface area (Å²) in [6.07, 6.45) is 3.01. The fraction of sp³-hybridized carbons (Fsp3) is 0.429. The maximum absolute atomic E-state index is 13.8. The minimum atomic E-state index is -0.357. The van der Waals surface area contributed by atoms with E-state index < -0.39 is 0 Å². The third kappa shape index (κ3) is 4.23. The van der Waals surface area contributed by atoms with Crippen LogP contribution in [-0.2, 0) is 6.42 Å². The molecule has 1 N–H and O–H groups in total. The molecular weight excluding hydrogens is 297 g/mol. The Bertz CT molecular complexity index is 559. The molecule has 0 bridgehead atoms. The third-order valence-corrected chi connectivity index (χ3v) is 4.05. The Morgan fingerprint density at radius 1 is 1.30 bits per heavy atom. The third-order valence-electron chi connectivity index (χ3n) is 2.80. The van der Waals surface area contributed by atoms with Crippen LogP contribution in [0.15, 0.2) is 18.2 Å². The van der Waals surface area contributed by atoms with Crippen LogP contribution in [0.1, 0.15) is 24.8 Å². The molecule has 6 heteroatoms. The molecule has 0 saturated heterocycles. The molecule has 1 aromatic carbocycles. The van der Waals surface area contributed by atoms with E-state index in [1.807, 2.05) is 0 Å². The Morgan fingerprint density at radius 2 is 2.15 bits per heavy atom. The van der Waals surface area contributed by atoms with Crippen LogP contribution in [0, 0.1) is 5.82 Å². The van der Waals surface area contributed by atoms with Crippen LogP contribution in [0.25, 0.3) is 10.6 Å². The molecule has 3 nitrogen and oxygen atoms in total. The molecule has 0 aliphatic rings. The Hall–Kier alpha value is -1.04. The minimum absolute atomic E-state index is 0.357. The zero-order valence-corrected chi connectivity index (χ0v) is 12.9. The number of rotatable bonds is 7. The van der Waals surface area contributed by atoms with Crippen molar-refractivity contribution in [2.45, 2.75) is 26.2 Å². The van der Waals surface area contributed by atoms with Gasteiger partial charge in [-0.25, -0.2) is 4.39 Å². The van der Waals surface area contributed by atoms with Gasteiger partial charge in [0.2, 0.25) is 0 Å². The summed E-state index contributed by atoms with van der Waals surface area (Å²) in [7, 11) is 0. The van der Waals surface area contributed by atoms with E-state index in [1.165, 1.54) is 17.4 Å². The van der Waals surface area contributed by atoms with Crippen molar-refractivity contribution in [1.29, 1.82) is 0 Å². The second kappa shape index (κ2) is 7.67. The van der Waals surface area contributed by atoms with E-state index in [-0.39, 0.29) is 5.82 Å². The Morgan fingerprint density at radius 3 is 2.90 bits per heavy atom. The molecule has 0 amide bonds. The van der Waals surface area contributed by atoms with Crippen molar-refractivity contribution in [3.05, 3.63) is 34.0 Å². The van der Waals surface area contributed by atoms with Crippen molar-refractivity contribution in [2.24, 2.45) is 0 Å². The molecule has 108 valence electrons. The fourth-order valence-corrected chi connectivity index (χ4v) is 2.86. The number of hydrogen-bond donors (Lipinski definition) is 1. The first-order chi connectivity index (χ1) is 9.70. The zero-order valence-electron chi connectivity index (χ0n) is 11.3. The molecule has 0 aliphatic heterocycles. The van der Waals surface area contributed by atoms with Gasteiger partial charge in [-0.15, -0.1) is 10.2 Å². The topological polar surface area (TPSA) is 37.8 Å². The predicted molar refractivity (Wildman–Crippen MR) is 81.8 cm³/mol. The number of benzene rings is 1. The lowest BCUT2D eigenvalue weighted by molar-refractivity contribution is 0.631. The predicted octanol–water partition coefficient (Wildman–Crippen LogP) is 3.93. The van der Waals surface area contributed by atoms with Crippen molar-refractivity contribution in [2.75, 3.05) is 13.1 Å². The van der Waals surface area contributed by atoms with Crippen LogP contribution in [0.3, 0.4) is 0 Å². The van der Waals surface area contributed by atoms with E-state index in [2.05, 4.69) is 22.4 Å². The number of hydrogen-bond acceptors (Lipinski definition) is 4. The lowest BCUT2D eigenvalue weighted by Crippen LogP contribution is -2.16. The Kier molecular flexibility index (Phi) is 5.88. The van der Waals surface area contributed by atoms with Gasteiger partial charge in [-0.1, -0.05) is 29.9 Å². The van der Waals surface area contributed by atoms with Crippen LogP contribution < -0.4 is 5.32 Å². The van der Waals surface area contributed by atoms with Crippen LogP contribution in [0.4, 0.5) is 4.39 Å². The number of nitrogens with one attached hydrogen (secondary N) is 1. The molecule has 0 fully saturated rings. The molecule has 2 rings (SSSR count). The fourth-order valence-electron chi connectivity index (χ4n) is 1.79. The van der Waals surface area contributed by atoms with Gasteiger partial charge in [-0.2, -0.15) is 0 Å². The second-order valence-corrected chi connectivity index (χ2v) is 5.98. The van der Waals surface area contributed by atoms with Gasteiger partial charge in [0.25, 0.3) is 0 Å². The lowest BCUT2D eigenvalue weighted by Gasteiger charge is -2.00. The van der Waals surface area contributed by atoms with E-state index in [0.29, 0.717) is 15.6 Å². The largest absolute Gasteiger partial charge is 0.317 e. The standard InChI is InChI=1S/C14H17ClFN3S/c1-2-7-17-8-3-4-13-18-19-14(20-13)11-6-5-10(15)9-12(11)16/h5-6,9,17H,2-4,7-8H2,1H3. The minimum Gasteiger partial charge on any atom is -0.317 e. The molecule has 1 aromatic heterocycles. The molecule has 0 spiro atoms. The van der Waals surface area contributed by atoms with Gasteiger partial charge in [-0.3, -0.25) is 0 Å². The SMILES string of the molecule is CCCNCCCc1nnc(-c2ccc(Cl)cc2F)s1. The average Bonchev–Trinajstić information content (AvgIpc) is 2.87. The van der Waals surface area contributed by atoms with Crippen molar-refractivity contribution < 1.29 is 4.39 Å². The number of aryl methyl sites for hydroxylation is 1. The van der Waals surface area contributed by atoms with E-state index in [0.717, 1.165) is 37.4 Å². The molecule has 2 aromatic rings. The quantitative estimate of drug-likeness (QED) is 0.787. The zero-order chi connectivity index (χ0) is 14.4. The Balaban J connectivity index is 1.95. The van der Waals surface area contributed by atoms with E-state index >= 15 is 0 Å². The van der Waals surface area contributed by atoms with E-state index in [4.69, 9.17) is 11.6 Å². The molecule has 0 aliphatic carbocycles. The van der Waals surface area contributed by atoms with Gasteiger partial charge >= 0.3 is 0 Å². The second-order valence-electron chi connectivity index (χ2n) is 4.48. The maximum Gasteiger partial charge on any atom is 0.150 e. The van der Waals surface area contributed by atoms with E-state index in [1.54, 1.807) is 12.1 Å². The normalized spacial score (nSPS) is 10.9. The summed E-state index contributed by atoms with van der Waals surface area (Å²) >= 11 is 7.18. The molecule has 1 heterocycles. The first-order valence-electron chi connectivity index (χ1n) is 6.69. The van der Waals surface area contributed by atoms with Gasteiger partial charge in [0.1, 0.15) is 10.8 Å². The first kappa shape index (κ1) is 15.4. The van der Waals surface area contributed by atoms with Crippen molar-refractivity contribution in [3.63, 3.8) is 0 Å². The molecule has 20 heavy (non-hydrogen) atoms. The molecular formula is C14H17ClFN3S. The van der Waals surface area contributed by atoms with Crippen LogP contribution in [0.5, 0.6) is 0 Å². The number of halogens is 2. The monoisotopic (exact) mass is 313 g/mol. The Labute approximate surface area is 127 Å². The summed E-state index contributed by atoms with van der Waals surface area (Å²) in [5, 5.41) is 13.4. The highest BCUT2D eigenvalue weighted by molar-refractivity contribution is 7.14. The summed E-state index contributed by atoms with van der Waals surface area (Å²) in [5.74, 6) is -0.357. The highest BCUT2D eigenvalue weighted by atomic mass is 35.5. The summed E-state index contributed by atoms with van der Waals surface area (Å²) in [4.78, 5) is 0. The highest BCUT2D eigenvalue weighted by Gasteiger charge is 2.11. The molecule has 0 saturated carbocycles. The molecule has 0 radical (unpaired) electrons. The van der Waals surface area contributed by atoms with Gasteiger partial charge in [-0.05, 0) is 44.1 Å². The summed E-state index contributed by atoms with van der Waals surface area (Å²) in [5.41, 5.74) is 0.460. The van der Waals surface area contributed by atoms with Crippen molar-refractivity contribution in [1.82, 2.24) is 15.5 Å². The first-order valence-corrected chi connectivity index (χ1v) is 7.88. The highest BCUT2D eigenvalue weighted by Crippen LogP contribution is 2.28. The average molecular weight is 314 g/mol. The maximum atomic E-state index is 13.8. The van der Waals surface area contributed by atoms with Crippen molar-refractivity contribution in [3.8, 4) is 10.6 Å². The van der Waals surface area contributed by atoms with Gasteiger partial charge in [0.05, 0.1) is 0 Å². The van der Waals surface area contributed by atoms with Crippen LogP contribution in [-0.4, -0.2) is 23.3 Å². The number of aromatic nitrogens is 2. The van der Waals surface area contributed by atoms with Gasteiger partial charge in [0.15, 0.2) is 5.01 Å². The van der Waals surface area contributed by atoms with Gasteiger partial charge < -0.3 is 5.32 Å². The van der Waals surface area contributed by atoms with Crippen molar-refractivity contribution >= 4 is 22.9 Å². The summed E-state index contributed by atoms with van der Waals surface area (Å²) < 4.78 is 13.8. The van der Waals surface area contributed by atoms with E-state index in [9.17, 15) is 4.39 Å². The lowest BCUT2D eigenvalue weighted by atomic mass is 10.2. The van der Waals surface area contributed by atoms with Crippen LogP contribution >= 0.6 is 22.9 Å². The van der Waals surface area contributed by atoms with Crippen LogP contribution in [0.2, 0.25) is 5.02 Å². The molecule has 0 atom stereocenters. The summed E-state index contributed by atoms with van der Waals surface area (Å²) in [6, 6.07) is 4.60. The number of nitrogens with zero attached hydrogens (tertiary/aromatic N) is 2.